The van der Waals surface area contributed by atoms with Gasteiger partial charge < -0.3 is 9.64 Å². The smallest absolute Gasteiger partial charge is 0.251 e. The minimum Gasteiger partial charge on any atom is -0.368 e. The van der Waals surface area contributed by atoms with Crippen LogP contribution >= 0.6 is 0 Å². The monoisotopic (exact) mass is 282 g/mol. The Morgan fingerprint density at radius 3 is 2.30 bits per heavy atom. The summed E-state index contributed by atoms with van der Waals surface area (Å²) in [5, 5.41) is 0. The molecule has 0 aromatic heterocycles. The molecule has 0 aromatic rings. The van der Waals surface area contributed by atoms with Crippen molar-refractivity contribution in [3.63, 3.8) is 0 Å². The Hall–Kier alpha value is -0.940. The number of carbonyl (C=O) groups excluding carboxylic acids is 2. The lowest BCUT2D eigenvalue weighted by Crippen LogP contribution is -2.52. The molecule has 2 saturated heterocycles. The first-order chi connectivity index (χ1) is 9.38. The van der Waals surface area contributed by atoms with E-state index in [4.69, 9.17) is 4.74 Å². The molecule has 0 spiro atoms. The molecular weight excluding hydrogens is 256 g/mol. The summed E-state index contributed by atoms with van der Waals surface area (Å²) < 4.78 is 5.45. The summed E-state index contributed by atoms with van der Waals surface area (Å²) in [6, 6.07) is 0. The highest BCUT2D eigenvalue weighted by molar-refractivity contribution is 5.85. The van der Waals surface area contributed by atoms with Crippen LogP contribution in [-0.4, -0.2) is 66.9 Å². The highest BCUT2D eigenvalue weighted by atomic mass is 16.5. The first-order valence-electron chi connectivity index (χ1n) is 7.54. The van der Waals surface area contributed by atoms with E-state index in [1.807, 2.05) is 25.7 Å². The standard InChI is InChI=1S/C15H26N2O3/c1-15(2,3)13(18)11-16-6-8-17(9-7-16)14(19)12-5-4-10-20-12/h12H,4-11H2,1-3H3. The second kappa shape index (κ2) is 6.22. The van der Waals surface area contributed by atoms with Gasteiger partial charge in [0.1, 0.15) is 6.10 Å². The third kappa shape index (κ3) is 3.79. The molecule has 0 bridgehead atoms. The molecule has 5 heteroatoms. The molecule has 2 rings (SSSR count). The van der Waals surface area contributed by atoms with Gasteiger partial charge in [-0.05, 0) is 12.8 Å². The third-order valence-electron chi connectivity index (χ3n) is 4.09. The predicted molar refractivity (Wildman–Crippen MR) is 76.5 cm³/mol. The zero-order chi connectivity index (χ0) is 14.8. The van der Waals surface area contributed by atoms with E-state index in [9.17, 15) is 9.59 Å². The third-order valence-corrected chi connectivity index (χ3v) is 4.09. The summed E-state index contributed by atoms with van der Waals surface area (Å²) in [6.07, 6.45) is 1.61. The van der Waals surface area contributed by atoms with Gasteiger partial charge in [-0.2, -0.15) is 0 Å². The molecule has 1 atom stereocenters. The Bertz CT molecular complexity index is 362. The number of ether oxygens (including phenoxy) is 1. The number of carbonyl (C=O) groups is 2. The van der Waals surface area contributed by atoms with E-state index in [0.29, 0.717) is 26.2 Å². The van der Waals surface area contributed by atoms with Crippen LogP contribution in [0.2, 0.25) is 0 Å². The van der Waals surface area contributed by atoms with Crippen LogP contribution in [0.5, 0.6) is 0 Å². The first kappa shape index (κ1) is 15.4. The van der Waals surface area contributed by atoms with Gasteiger partial charge in [0.05, 0.1) is 6.54 Å². The quantitative estimate of drug-likeness (QED) is 0.772. The van der Waals surface area contributed by atoms with Crippen LogP contribution in [0.4, 0.5) is 0 Å². The first-order valence-corrected chi connectivity index (χ1v) is 7.54. The topological polar surface area (TPSA) is 49.9 Å². The lowest BCUT2D eigenvalue weighted by molar-refractivity contribution is -0.143. The van der Waals surface area contributed by atoms with Crippen LogP contribution in [0.25, 0.3) is 0 Å². The highest BCUT2D eigenvalue weighted by Crippen LogP contribution is 2.18. The van der Waals surface area contributed by atoms with Gasteiger partial charge in [-0.1, -0.05) is 20.8 Å². The summed E-state index contributed by atoms with van der Waals surface area (Å²) >= 11 is 0. The summed E-state index contributed by atoms with van der Waals surface area (Å²) in [5.41, 5.74) is -0.287. The van der Waals surface area contributed by atoms with Gasteiger partial charge >= 0.3 is 0 Å². The Morgan fingerprint density at radius 1 is 1.15 bits per heavy atom. The molecule has 5 nitrogen and oxygen atoms in total. The molecule has 2 fully saturated rings. The van der Waals surface area contributed by atoms with Crippen LogP contribution < -0.4 is 0 Å². The van der Waals surface area contributed by atoms with Crippen LogP contribution in [-0.2, 0) is 14.3 Å². The van der Waals surface area contributed by atoms with E-state index in [1.165, 1.54) is 0 Å². The maximum absolute atomic E-state index is 12.2. The van der Waals surface area contributed by atoms with E-state index in [0.717, 1.165) is 25.9 Å². The molecule has 0 N–H and O–H groups in total. The van der Waals surface area contributed by atoms with Crippen molar-refractivity contribution in [1.82, 2.24) is 9.80 Å². The minimum atomic E-state index is -0.287. The normalized spacial score (nSPS) is 24.9. The van der Waals surface area contributed by atoms with Crippen molar-refractivity contribution in [2.45, 2.75) is 39.7 Å². The van der Waals surface area contributed by atoms with Gasteiger partial charge in [-0.3, -0.25) is 14.5 Å². The van der Waals surface area contributed by atoms with Crippen molar-refractivity contribution in [1.29, 1.82) is 0 Å². The molecule has 0 saturated carbocycles. The molecule has 114 valence electrons. The van der Waals surface area contributed by atoms with E-state index in [-0.39, 0.29) is 23.2 Å². The second-order valence-corrected chi connectivity index (χ2v) is 6.78. The molecule has 1 amide bonds. The van der Waals surface area contributed by atoms with Gasteiger partial charge in [0, 0.05) is 38.2 Å². The van der Waals surface area contributed by atoms with Gasteiger partial charge in [-0.25, -0.2) is 0 Å². The van der Waals surface area contributed by atoms with Gasteiger partial charge in [0.25, 0.3) is 5.91 Å². The van der Waals surface area contributed by atoms with E-state index in [1.54, 1.807) is 0 Å². The van der Waals surface area contributed by atoms with Crippen molar-refractivity contribution in [3.8, 4) is 0 Å². The molecule has 2 aliphatic heterocycles. The van der Waals surface area contributed by atoms with Gasteiger partial charge in [-0.15, -0.1) is 0 Å². The largest absolute Gasteiger partial charge is 0.368 e. The molecule has 20 heavy (non-hydrogen) atoms. The highest BCUT2D eigenvalue weighted by Gasteiger charge is 2.31. The SMILES string of the molecule is CC(C)(C)C(=O)CN1CCN(C(=O)C2CCCO2)CC1. The Morgan fingerprint density at radius 2 is 1.80 bits per heavy atom. The van der Waals surface area contributed by atoms with Gasteiger partial charge in [0.15, 0.2) is 5.78 Å². The van der Waals surface area contributed by atoms with Crippen LogP contribution in [0, 0.1) is 5.41 Å². The van der Waals surface area contributed by atoms with E-state index in [2.05, 4.69) is 4.90 Å². The van der Waals surface area contributed by atoms with Crippen molar-refractivity contribution >= 4 is 11.7 Å². The predicted octanol–water partition coefficient (Wildman–Crippen LogP) is 0.925. The number of amides is 1. The maximum Gasteiger partial charge on any atom is 0.251 e. The van der Waals surface area contributed by atoms with Crippen LogP contribution in [0.1, 0.15) is 33.6 Å². The van der Waals surface area contributed by atoms with Gasteiger partial charge in [0.2, 0.25) is 0 Å². The maximum atomic E-state index is 12.2. The average molecular weight is 282 g/mol. The second-order valence-electron chi connectivity index (χ2n) is 6.78. The molecule has 0 radical (unpaired) electrons. The number of ketones is 1. The Kier molecular flexibility index (Phi) is 4.81. The summed E-state index contributed by atoms with van der Waals surface area (Å²) in [6.45, 7) is 10.0. The van der Waals surface area contributed by atoms with E-state index >= 15 is 0 Å². The molecule has 0 aliphatic carbocycles. The molecule has 2 heterocycles. The number of hydrogen-bond donors (Lipinski definition) is 0. The molecule has 2 aliphatic rings. The summed E-state index contributed by atoms with van der Waals surface area (Å²) in [5.74, 6) is 0.390. The fourth-order valence-corrected chi connectivity index (χ4v) is 2.54. The van der Waals surface area contributed by atoms with Crippen LogP contribution in [0.15, 0.2) is 0 Å². The number of rotatable bonds is 3. The summed E-state index contributed by atoms with van der Waals surface area (Å²) in [4.78, 5) is 28.2. The fourth-order valence-electron chi connectivity index (χ4n) is 2.54. The van der Waals surface area contributed by atoms with Crippen molar-refractivity contribution in [2.24, 2.45) is 5.41 Å². The molecular formula is C15H26N2O3. The molecule has 0 aromatic carbocycles. The Balaban J connectivity index is 1.77. The lowest BCUT2D eigenvalue weighted by Gasteiger charge is -2.36. The average Bonchev–Trinajstić information content (AvgIpc) is 2.91. The lowest BCUT2D eigenvalue weighted by atomic mass is 9.90. The van der Waals surface area contributed by atoms with Crippen molar-refractivity contribution in [2.75, 3.05) is 39.3 Å². The fraction of sp³-hybridized carbons (Fsp3) is 0.867. The number of Topliss-reactive ketones (excluding diaryl/α,β-unsaturated/α-hetero) is 1. The number of nitrogens with zero attached hydrogens (tertiary/aromatic N) is 2. The van der Waals surface area contributed by atoms with Crippen molar-refractivity contribution < 1.29 is 14.3 Å². The zero-order valence-electron chi connectivity index (χ0n) is 12.9. The number of piperazine rings is 1. The zero-order valence-corrected chi connectivity index (χ0v) is 12.9. The molecule has 1 unspecified atom stereocenters. The van der Waals surface area contributed by atoms with E-state index < -0.39 is 0 Å². The Labute approximate surface area is 121 Å². The van der Waals surface area contributed by atoms with Crippen LogP contribution in [0.3, 0.4) is 0 Å². The minimum absolute atomic E-state index is 0.129. The number of hydrogen-bond acceptors (Lipinski definition) is 4. The van der Waals surface area contributed by atoms with Crippen molar-refractivity contribution in [3.05, 3.63) is 0 Å². The summed E-state index contributed by atoms with van der Waals surface area (Å²) in [7, 11) is 0.